The smallest absolute Gasteiger partial charge is 0.373 e. The summed E-state index contributed by atoms with van der Waals surface area (Å²) in [7, 11) is 0. The molecule has 0 saturated carbocycles. The number of rotatable bonds is 3. The molecule has 0 fully saturated rings. The van der Waals surface area contributed by atoms with Crippen LogP contribution in [0, 0.1) is 0 Å². The minimum atomic E-state index is -1.02. The van der Waals surface area contributed by atoms with Gasteiger partial charge in [-0.2, -0.15) is 0 Å². The highest BCUT2D eigenvalue weighted by Gasteiger charge is 2.19. The van der Waals surface area contributed by atoms with Gasteiger partial charge in [-0.15, -0.1) is 11.8 Å². The Kier molecular flexibility index (Phi) is 3.25. The molecule has 2 aromatic rings. The van der Waals surface area contributed by atoms with Crippen LogP contribution < -0.4 is 0 Å². The molecule has 2 rings (SSSR count). The predicted octanol–water partition coefficient (Wildman–Crippen LogP) is 4.01. The predicted molar refractivity (Wildman–Crippen MR) is 67.3 cm³/mol. The lowest BCUT2D eigenvalue weighted by atomic mass is 10.2. The molecule has 0 saturated heterocycles. The van der Waals surface area contributed by atoms with Crippen LogP contribution in [0.15, 0.2) is 32.0 Å². The second-order valence-electron chi connectivity index (χ2n) is 3.14. The Morgan fingerprint density at radius 1 is 1.56 bits per heavy atom. The summed E-state index contributed by atoms with van der Waals surface area (Å²) >= 11 is 4.85. The van der Waals surface area contributed by atoms with E-state index in [0.717, 1.165) is 15.6 Å². The average molecular weight is 301 g/mol. The van der Waals surface area contributed by atoms with Crippen LogP contribution in [0.2, 0.25) is 0 Å². The fraction of sp³-hybridized carbons (Fsp3) is 0.182. The normalized spacial score (nSPS) is 10.9. The summed E-state index contributed by atoms with van der Waals surface area (Å²) in [6, 6.07) is 5.48. The lowest BCUT2D eigenvalue weighted by Gasteiger charge is -1.96. The molecule has 84 valence electrons. The van der Waals surface area contributed by atoms with E-state index in [2.05, 4.69) is 15.9 Å². The van der Waals surface area contributed by atoms with Crippen molar-refractivity contribution in [1.82, 2.24) is 0 Å². The Hall–Kier alpha value is -0.940. The maximum Gasteiger partial charge on any atom is 0.373 e. The van der Waals surface area contributed by atoms with Crippen LogP contribution in [0.5, 0.6) is 0 Å². The second kappa shape index (κ2) is 4.51. The molecule has 0 aliphatic rings. The number of hydrogen-bond donors (Lipinski definition) is 1. The summed E-state index contributed by atoms with van der Waals surface area (Å²) < 4.78 is 6.24. The molecular formula is C11H9BrO3S. The van der Waals surface area contributed by atoms with Crippen LogP contribution in [-0.4, -0.2) is 16.8 Å². The molecule has 0 bridgehead atoms. The summed E-state index contributed by atoms with van der Waals surface area (Å²) in [4.78, 5) is 11.7. The van der Waals surface area contributed by atoms with Gasteiger partial charge in [0.2, 0.25) is 5.76 Å². The zero-order chi connectivity index (χ0) is 11.7. The first-order chi connectivity index (χ1) is 7.63. The maximum absolute atomic E-state index is 11.0. The molecule has 0 unspecified atom stereocenters. The van der Waals surface area contributed by atoms with Gasteiger partial charge in [0, 0.05) is 9.86 Å². The molecule has 0 radical (unpaired) electrons. The first-order valence-electron chi connectivity index (χ1n) is 4.71. The minimum Gasteiger partial charge on any atom is -0.475 e. The van der Waals surface area contributed by atoms with Crippen molar-refractivity contribution >= 4 is 44.6 Å². The second-order valence-corrected chi connectivity index (χ2v) is 5.33. The Labute approximate surface area is 105 Å². The SMILES string of the molecule is CCSc1c(C(=O)O)oc2ccc(Br)cc12. The van der Waals surface area contributed by atoms with E-state index in [-0.39, 0.29) is 5.76 Å². The van der Waals surface area contributed by atoms with E-state index < -0.39 is 5.97 Å². The Balaban J connectivity index is 2.71. The monoisotopic (exact) mass is 300 g/mol. The highest BCUT2D eigenvalue weighted by molar-refractivity contribution is 9.10. The zero-order valence-electron chi connectivity index (χ0n) is 8.49. The van der Waals surface area contributed by atoms with Gasteiger partial charge >= 0.3 is 5.97 Å². The van der Waals surface area contributed by atoms with E-state index in [1.165, 1.54) is 11.8 Å². The number of hydrogen-bond acceptors (Lipinski definition) is 3. The summed E-state index contributed by atoms with van der Waals surface area (Å²) in [5.74, 6) is -0.190. The van der Waals surface area contributed by atoms with Gasteiger partial charge in [-0.3, -0.25) is 0 Å². The average Bonchev–Trinajstić information content (AvgIpc) is 2.58. The highest BCUT2D eigenvalue weighted by atomic mass is 79.9. The van der Waals surface area contributed by atoms with Crippen LogP contribution in [-0.2, 0) is 0 Å². The van der Waals surface area contributed by atoms with Gasteiger partial charge in [-0.1, -0.05) is 22.9 Å². The number of carboxylic acids is 1. The van der Waals surface area contributed by atoms with Crippen molar-refractivity contribution in [1.29, 1.82) is 0 Å². The molecule has 1 aromatic heterocycles. The third-order valence-electron chi connectivity index (χ3n) is 2.09. The van der Waals surface area contributed by atoms with Gasteiger partial charge in [0.15, 0.2) is 0 Å². The zero-order valence-corrected chi connectivity index (χ0v) is 10.9. The molecule has 1 N–H and O–H groups in total. The Morgan fingerprint density at radius 2 is 2.31 bits per heavy atom. The number of furan rings is 1. The van der Waals surface area contributed by atoms with Crippen molar-refractivity contribution in [3.8, 4) is 0 Å². The topological polar surface area (TPSA) is 50.4 Å². The first-order valence-corrected chi connectivity index (χ1v) is 6.49. The van der Waals surface area contributed by atoms with Crippen molar-refractivity contribution in [2.45, 2.75) is 11.8 Å². The number of benzene rings is 1. The number of halogens is 1. The Morgan fingerprint density at radius 3 is 2.94 bits per heavy atom. The fourth-order valence-electron chi connectivity index (χ4n) is 1.48. The molecule has 0 spiro atoms. The van der Waals surface area contributed by atoms with Gasteiger partial charge in [0.1, 0.15) is 5.58 Å². The number of thioether (sulfide) groups is 1. The van der Waals surface area contributed by atoms with Crippen molar-refractivity contribution in [2.24, 2.45) is 0 Å². The largest absolute Gasteiger partial charge is 0.475 e. The molecule has 0 aliphatic heterocycles. The molecule has 1 heterocycles. The van der Waals surface area contributed by atoms with Gasteiger partial charge in [0.25, 0.3) is 0 Å². The van der Waals surface area contributed by atoms with Crippen LogP contribution in [0.3, 0.4) is 0 Å². The van der Waals surface area contributed by atoms with Gasteiger partial charge in [-0.05, 0) is 24.0 Å². The fourth-order valence-corrected chi connectivity index (χ4v) is 2.70. The van der Waals surface area contributed by atoms with E-state index in [0.29, 0.717) is 10.5 Å². The van der Waals surface area contributed by atoms with E-state index in [1.54, 1.807) is 6.07 Å². The molecule has 0 amide bonds. The molecule has 1 aromatic carbocycles. The minimum absolute atomic E-state index is 0.0277. The summed E-state index contributed by atoms with van der Waals surface area (Å²) in [6.07, 6.45) is 0. The molecule has 0 atom stereocenters. The van der Waals surface area contributed by atoms with Crippen LogP contribution in [0.1, 0.15) is 17.5 Å². The van der Waals surface area contributed by atoms with Crippen molar-refractivity contribution < 1.29 is 14.3 Å². The van der Waals surface area contributed by atoms with Gasteiger partial charge in [-0.25, -0.2) is 4.79 Å². The summed E-state index contributed by atoms with van der Waals surface area (Å²) in [6.45, 7) is 1.98. The molecule has 16 heavy (non-hydrogen) atoms. The van der Waals surface area contributed by atoms with Crippen molar-refractivity contribution in [3.63, 3.8) is 0 Å². The van der Waals surface area contributed by atoms with Crippen molar-refractivity contribution in [2.75, 3.05) is 5.75 Å². The third-order valence-corrected chi connectivity index (χ3v) is 3.56. The van der Waals surface area contributed by atoms with Crippen LogP contribution in [0.25, 0.3) is 11.0 Å². The Bertz CT molecular complexity index is 547. The van der Waals surface area contributed by atoms with Gasteiger partial charge < -0.3 is 9.52 Å². The van der Waals surface area contributed by atoms with E-state index in [9.17, 15) is 4.79 Å². The molecule has 0 aliphatic carbocycles. The van der Waals surface area contributed by atoms with E-state index >= 15 is 0 Å². The summed E-state index contributed by atoms with van der Waals surface area (Å²) in [5.41, 5.74) is 0.608. The molecule has 3 nitrogen and oxygen atoms in total. The number of carboxylic acid groups (broad SMARTS) is 1. The quantitative estimate of drug-likeness (QED) is 0.870. The standard InChI is InChI=1S/C11H9BrO3S/c1-2-16-10-7-5-6(12)3-4-8(7)15-9(10)11(13)14/h3-5H,2H2,1H3,(H,13,14). The number of aromatic carboxylic acids is 1. The number of carbonyl (C=O) groups is 1. The first kappa shape index (κ1) is 11.5. The number of fused-ring (bicyclic) bond motifs is 1. The van der Waals surface area contributed by atoms with E-state index in [1.807, 2.05) is 19.1 Å². The third kappa shape index (κ3) is 1.97. The molecule has 5 heteroatoms. The van der Waals surface area contributed by atoms with Crippen LogP contribution >= 0.6 is 27.7 Å². The van der Waals surface area contributed by atoms with Crippen LogP contribution in [0.4, 0.5) is 0 Å². The van der Waals surface area contributed by atoms with E-state index in [4.69, 9.17) is 9.52 Å². The van der Waals surface area contributed by atoms with Crippen molar-refractivity contribution in [3.05, 3.63) is 28.4 Å². The maximum atomic E-state index is 11.0. The van der Waals surface area contributed by atoms with Gasteiger partial charge in [0.05, 0.1) is 4.90 Å². The lowest BCUT2D eigenvalue weighted by Crippen LogP contribution is -1.95. The highest BCUT2D eigenvalue weighted by Crippen LogP contribution is 2.35. The molecular weight excluding hydrogens is 292 g/mol. The lowest BCUT2D eigenvalue weighted by molar-refractivity contribution is 0.0660. The summed E-state index contributed by atoms with van der Waals surface area (Å²) in [5, 5.41) is 9.89.